The van der Waals surface area contributed by atoms with Gasteiger partial charge in [-0.1, -0.05) is 20.8 Å². The molecule has 1 unspecified atom stereocenters. The van der Waals surface area contributed by atoms with Crippen molar-refractivity contribution < 1.29 is 9.53 Å². The van der Waals surface area contributed by atoms with Gasteiger partial charge < -0.3 is 4.74 Å². The number of hydrogen-bond donors (Lipinski definition) is 0. The predicted molar refractivity (Wildman–Crippen MR) is 85.9 cm³/mol. The number of likely N-dealkylation sites (N-methyl/N-ethyl adjacent to an activating group) is 1. The third-order valence-electron chi connectivity index (χ3n) is 3.99. The first-order valence-corrected chi connectivity index (χ1v) is 7.80. The summed E-state index contributed by atoms with van der Waals surface area (Å²) in [6.45, 7) is 13.9. The molecule has 0 amide bonds. The molecule has 0 aliphatic rings. The Morgan fingerprint density at radius 2 is 1.90 bits per heavy atom. The topological polar surface area (TPSA) is 42.4 Å². The highest BCUT2D eigenvalue weighted by atomic mass is 16.5. The molecule has 1 rings (SSSR count). The van der Waals surface area contributed by atoms with E-state index in [2.05, 4.69) is 30.7 Å². The molecule has 0 fully saturated rings. The molecule has 4 nitrogen and oxygen atoms in total. The predicted octanol–water partition coefficient (Wildman–Crippen LogP) is 3.56. The SMILES string of the molecule is CCN(CC)C(C)(CC)C(=O)c1cncc(OC(C)C)c1. The summed E-state index contributed by atoms with van der Waals surface area (Å²) in [5.74, 6) is 0.754. The minimum atomic E-state index is -0.498. The third kappa shape index (κ3) is 4.03. The lowest BCUT2D eigenvalue weighted by Gasteiger charge is -2.38. The number of ether oxygens (including phenoxy) is 1. The minimum absolute atomic E-state index is 0.0671. The van der Waals surface area contributed by atoms with Gasteiger partial charge in [-0.05, 0) is 46.3 Å². The van der Waals surface area contributed by atoms with Crippen LogP contribution in [0.4, 0.5) is 0 Å². The van der Waals surface area contributed by atoms with Gasteiger partial charge in [0.05, 0.1) is 17.8 Å². The van der Waals surface area contributed by atoms with Crippen molar-refractivity contribution in [1.29, 1.82) is 0 Å². The molecule has 1 heterocycles. The number of Topliss-reactive ketones (excluding diaryl/α,β-unsaturated/α-hetero) is 1. The number of ketones is 1. The minimum Gasteiger partial charge on any atom is -0.489 e. The fourth-order valence-electron chi connectivity index (χ4n) is 2.64. The average Bonchev–Trinajstić information content (AvgIpc) is 2.47. The fraction of sp³-hybridized carbons (Fsp3) is 0.647. The molecule has 21 heavy (non-hydrogen) atoms. The molecule has 0 aliphatic carbocycles. The molecular formula is C17H28N2O2. The Labute approximate surface area is 128 Å². The summed E-state index contributed by atoms with van der Waals surface area (Å²) in [7, 11) is 0. The quantitative estimate of drug-likeness (QED) is 0.687. The van der Waals surface area contributed by atoms with Crippen molar-refractivity contribution >= 4 is 5.78 Å². The van der Waals surface area contributed by atoms with Crippen molar-refractivity contribution in [2.24, 2.45) is 0 Å². The van der Waals surface area contributed by atoms with Crippen molar-refractivity contribution in [1.82, 2.24) is 9.88 Å². The average molecular weight is 292 g/mol. The molecule has 1 atom stereocenters. The van der Waals surface area contributed by atoms with Gasteiger partial charge in [-0.2, -0.15) is 0 Å². The van der Waals surface area contributed by atoms with Gasteiger partial charge in [0.15, 0.2) is 5.78 Å². The highest BCUT2D eigenvalue weighted by molar-refractivity contribution is 6.03. The number of rotatable bonds is 8. The molecule has 4 heteroatoms. The van der Waals surface area contributed by atoms with Crippen LogP contribution in [-0.4, -0.2) is 40.4 Å². The summed E-state index contributed by atoms with van der Waals surface area (Å²) in [5, 5.41) is 0. The molecule has 1 aromatic rings. The van der Waals surface area contributed by atoms with Gasteiger partial charge >= 0.3 is 0 Å². The van der Waals surface area contributed by atoms with E-state index in [1.54, 1.807) is 18.5 Å². The summed E-state index contributed by atoms with van der Waals surface area (Å²) in [5.41, 5.74) is 0.117. The smallest absolute Gasteiger partial charge is 0.184 e. The zero-order valence-corrected chi connectivity index (χ0v) is 14.1. The van der Waals surface area contributed by atoms with Crippen molar-refractivity contribution in [3.63, 3.8) is 0 Å². The molecule has 0 saturated heterocycles. The van der Waals surface area contributed by atoms with E-state index in [-0.39, 0.29) is 11.9 Å². The van der Waals surface area contributed by atoms with Gasteiger partial charge in [0.2, 0.25) is 0 Å². The van der Waals surface area contributed by atoms with Crippen LogP contribution in [-0.2, 0) is 0 Å². The lowest BCUT2D eigenvalue weighted by molar-refractivity contribution is 0.0606. The summed E-state index contributed by atoms with van der Waals surface area (Å²) >= 11 is 0. The van der Waals surface area contributed by atoms with Crippen LogP contribution >= 0.6 is 0 Å². The van der Waals surface area contributed by atoms with Crippen LogP contribution in [0.25, 0.3) is 0 Å². The van der Waals surface area contributed by atoms with Crippen molar-refractivity contribution in [3.8, 4) is 5.75 Å². The van der Waals surface area contributed by atoms with E-state index in [1.807, 2.05) is 20.8 Å². The molecule has 0 aliphatic heterocycles. The summed E-state index contributed by atoms with van der Waals surface area (Å²) in [4.78, 5) is 19.3. The molecule has 0 saturated carbocycles. The number of pyridine rings is 1. The zero-order valence-electron chi connectivity index (χ0n) is 14.1. The summed E-state index contributed by atoms with van der Waals surface area (Å²) in [6.07, 6.45) is 4.12. The van der Waals surface area contributed by atoms with Crippen LogP contribution in [0, 0.1) is 0 Å². The van der Waals surface area contributed by atoms with Gasteiger partial charge in [-0.25, -0.2) is 0 Å². The van der Waals surface area contributed by atoms with E-state index >= 15 is 0 Å². The first kappa shape index (κ1) is 17.6. The molecular weight excluding hydrogens is 264 g/mol. The molecule has 0 N–H and O–H groups in total. The Kier molecular flexibility index (Phi) is 6.34. The Morgan fingerprint density at radius 1 is 1.29 bits per heavy atom. The van der Waals surface area contributed by atoms with Crippen LogP contribution in [0.1, 0.15) is 58.3 Å². The standard InChI is InChI=1S/C17H28N2O2/c1-7-17(6,19(8-2)9-3)16(20)14-10-15(12-18-11-14)21-13(4)5/h10-13H,7-9H2,1-6H3. The second kappa shape index (κ2) is 7.55. The Balaban J connectivity index is 3.10. The Bertz CT molecular complexity index is 470. The molecule has 0 bridgehead atoms. The highest BCUT2D eigenvalue weighted by Crippen LogP contribution is 2.25. The fourth-order valence-corrected chi connectivity index (χ4v) is 2.64. The number of aromatic nitrogens is 1. The number of carbonyl (C=O) groups is 1. The third-order valence-corrected chi connectivity index (χ3v) is 3.99. The second-order valence-electron chi connectivity index (χ2n) is 5.70. The van der Waals surface area contributed by atoms with E-state index in [0.717, 1.165) is 19.5 Å². The molecule has 1 aromatic heterocycles. The van der Waals surface area contributed by atoms with Crippen LogP contribution in [0.2, 0.25) is 0 Å². The van der Waals surface area contributed by atoms with Crippen molar-refractivity contribution in [2.45, 2.75) is 59.6 Å². The normalized spacial score (nSPS) is 14.3. The van der Waals surface area contributed by atoms with Crippen LogP contribution in [0.5, 0.6) is 5.75 Å². The highest BCUT2D eigenvalue weighted by Gasteiger charge is 2.36. The summed E-state index contributed by atoms with van der Waals surface area (Å²) in [6, 6.07) is 1.80. The van der Waals surface area contributed by atoms with E-state index in [4.69, 9.17) is 4.74 Å². The molecule has 118 valence electrons. The van der Waals surface area contributed by atoms with Gasteiger partial charge in [-0.3, -0.25) is 14.7 Å². The van der Waals surface area contributed by atoms with E-state index in [9.17, 15) is 4.79 Å². The maximum Gasteiger partial charge on any atom is 0.184 e. The lowest BCUT2D eigenvalue weighted by atomic mass is 9.87. The van der Waals surface area contributed by atoms with Crippen LogP contribution < -0.4 is 4.74 Å². The van der Waals surface area contributed by atoms with E-state index in [1.165, 1.54) is 0 Å². The first-order chi connectivity index (χ1) is 9.88. The van der Waals surface area contributed by atoms with E-state index in [0.29, 0.717) is 11.3 Å². The van der Waals surface area contributed by atoms with Gasteiger partial charge in [0, 0.05) is 11.8 Å². The number of carbonyl (C=O) groups excluding carboxylic acids is 1. The lowest BCUT2D eigenvalue weighted by Crippen LogP contribution is -2.51. The molecule has 0 radical (unpaired) electrons. The number of nitrogens with zero attached hydrogens (tertiary/aromatic N) is 2. The molecule has 0 spiro atoms. The second-order valence-corrected chi connectivity index (χ2v) is 5.70. The largest absolute Gasteiger partial charge is 0.489 e. The van der Waals surface area contributed by atoms with Gasteiger partial charge in [0.25, 0.3) is 0 Å². The Morgan fingerprint density at radius 3 is 2.38 bits per heavy atom. The van der Waals surface area contributed by atoms with Gasteiger partial charge in [0.1, 0.15) is 5.75 Å². The van der Waals surface area contributed by atoms with Crippen LogP contribution in [0.15, 0.2) is 18.5 Å². The molecule has 0 aromatic carbocycles. The maximum absolute atomic E-state index is 13.0. The monoisotopic (exact) mass is 292 g/mol. The van der Waals surface area contributed by atoms with E-state index < -0.39 is 5.54 Å². The van der Waals surface area contributed by atoms with Crippen LogP contribution in [0.3, 0.4) is 0 Å². The maximum atomic E-state index is 13.0. The van der Waals surface area contributed by atoms with Crippen molar-refractivity contribution in [2.75, 3.05) is 13.1 Å². The van der Waals surface area contributed by atoms with Gasteiger partial charge in [-0.15, -0.1) is 0 Å². The van der Waals surface area contributed by atoms with Crippen molar-refractivity contribution in [3.05, 3.63) is 24.0 Å². The summed E-state index contributed by atoms with van der Waals surface area (Å²) < 4.78 is 5.64. The number of hydrogen-bond acceptors (Lipinski definition) is 4. The zero-order chi connectivity index (χ0) is 16.0. The first-order valence-electron chi connectivity index (χ1n) is 7.80. The Hall–Kier alpha value is -1.42.